The van der Waals surface area contributed by atoms with Gasteiger partial charge in [0, 0.05) is 30.6 Å². The Bertz CT molecular complexity index is 630. The van der Waals surface area contributed by atoms with E-state index in [1.54, 1.807) is 18.0 Å². The zero-order chi connectivity index (χ0) is 15.8. The molecule has 0 spiro atoms. The van der Waals surface area contributed by atoms with E-state index in [4.69, 9.17) is 0 Å². The first kappa shape index (κ1) is 15.0. The van der Waals surface area contributed by atoms with Gasteiger partial charge in [-0.1, -0.05) is 12.8 Å². The number of pyridine rings is 1. The molecule has 2 aliphatic heterocycles. The van der Waals surface area contributed by atoms with Crippen LogP contribution in [0, 0.1) is 5.92 Å². The van der Waals surface area contributed by atoms with Crippen LogP contribution < -0.4 is 4.90 Å². The maximum Gasteiger partial charge on any atom is 0.250 e. The summed E-state index contributed by atoms with van der Waals surface area (Å²) in [7, 11) is 0. The number of hydrogen-bond donors (Lipinski definition) is 0. The van der Waals surface area contributed by atoms with E-state index in [1.165, 1.54) is 0 Å². The summed E-state index contributed by atoms with van der Waals surface area (Å²) in [5.74, 6) is 1.78. The Hall–Kier alpha value is -1.56. The average molecular weight is 331 g/mol. The summed E-state index contributed by atoms with van der Waals surface area (Å²) in [6, 6.07) is 1.61. The van der Waals surface area contributed by atoms with Crippen LogP contribution in [0.15, 0.2) is 18.5 Å². The van der Waals surface area contributed by atoms with Crippen LogP contribution in [0.4, 0.5) is 5.69 Å². The van der Waals surface area contributed by atoms with Crippen molar-refractivity contribution in [3.05, 3.63) is 24.0 Å². The first-order valence-corrected chi connectivity index (χ1v) is 9.53. The number of thioether (sulfide) groups is 1. The number of carbonyl (C=O) groups is 2. The molecule has 0 unspecified atom stereocenters. The molecule has 0 N–H and O–H groups in total. The molecule has 4 rings (SSSR count). The molecule has 3 aliphatic rings. The molecule has 1 saturated heterocycles. The Morgan fingerprint density at radius 3 is 2.87 bits per heavy atom. The van der Waals surface area contributed by atoms with Gasteiger partial charge in [-0.15, -0.1) is 11.8 Å². The fourth-order valence-electron chi connectivity index (χ4n) is 3.91. The number of anilines is 1. The smallest absolute Gasteiger partial charge is 0.250 e. The lowest BCUT2D eigenvalue weighted by atomic mass is 10.1. The normalized spacial score (nSPS) is 24.3. The van der Waals surface area contributed by atoms with Crippen LogP contribution in [0.1, 0.15) is 31.2 Å². The highest BCUT2D eigenvalue weighted by molar-refractivity contribution is 7.99. The van der Waals surface area contributed by atoms with Crippen molar-refractivity contribution in [1.29, 1.82) is 0 Å². The quantitative estimate of drug-likeness (QED) is 0.832. The van der Waals surface area contributed by atoms with Gasteiger partial charge in [-0.3, -0.25) is 14.6 Å². The molecule has 0 aromatic carbocycles. The van der Waals surface area contributed by atoms with E-state index in [0.29, 0.717) is 18.2 Å². The number of aromatic nitrogens is 1. The number of rotatable bonds is 2. The average Bonchev–Trinajstić information content (AvgIpc) is 3.33. The van der Waals surface area contributed by atoms with E-state index in [2.05, 4.69) is 4.98 Å². The van der Waals surface area contributed by atoms with Crippen molar-refractivity contribution in [2.45, 2.75) is 38.1 Å². The lowest BCUT2D eigenvalue weighted by Crippen LogP contribution is -2.50. The molecular weight excluding hydrogens is 310 g/mol. The third kappa shape index (κ3) is 2.63. The molecule has 0 radical (unpaired) electrons. The van der Waals surface area contributed by atoms with Gasteiger partial charge in [0.1, 0.15) is 6.04 Å². The van der Waals surface area contributed by atoms with Gasteiger partial charge in [0.05, 0.1) is 11.6 Å². The second-order valence-corrected chi connectivity index (χ2v) is 7.55. The second-order valence-electron chi connectivity index (χ2n) is 6.55. The molecule has 3 heterocycles. The zero-order valence-electron chi connectivity index (χ0n) is 13.1. The minimum Gasteiger partial charge on any atom is -0.320 e. The van der Waals surface area contributed by atoms with Crippen molar-refractivity contribution in [2.24, 2.45) is 5.92 Å². The third-order valence-corrected chi connectivity index (χ3v) is 6.21. The van der Waals surface area contributed by atoms with E-state index >= 15 is 0 Å². The summed E-state index contributed by atoms with van der Waals surface area (Å²) in [6.07, 6.45) is 8.68. The predicted octanol–water partition coefficient (Wildman–Crippen LogP) is 2.06. The Morgan fingerprint density at radius 1 is 1.22 bits per heavy atom. The number of fused-ring (bicyclic) bond motifs is 1. The standard InChI is InChI=1S/C17H21N3O2S/c21-16(12-3-1-2-4-12)20-11-23-10-15(20)17(22)19-8-6-13-9-18-7-5-14(13)19/h5,7,9,12,15H,1-4,6,8,10-11H2/t15-/m0/s1. The van der Waals surface area contributed by atoms with Gasteiger partial charge in [-0.25, -0.2) is 0 Å². The maximum absolute atomic E-state index is 13.0. The van der Waals surface area contributed by atoms with E-state index in [1.807, 2.05) is 22.1 Å². The predicted molar refractivity (Wildman–Crippen MR) is 90.2 cm³/mol. The first-order chi connectivity index (χ1) is 11.3. The van der Waals surface area contributed by atoms with Crippen LogP contribution in [-0.2, 0) is 16.0 Å². The Balaban J connectivity index is 1.52. The Kier molecular flexibility index (Phi) is 4.01. The van der Waals surface area contributed by atoms with Crippen molar-refractivity contribution in [2.75, 3.05) is 23.1 Å². The van der Waals surface area contributed by atoms with Crippen molar-refractivity contribution in [1.82, 2.24) is 9.88 Å². The highest BCUT2D eigenvalue weighted by atomic mass is 32.2. The molecule has 5 nitrogen and oxygen atoms in total. The molecule has 1 aromatic rings. The molecule has 6 heteroatoms. The first-order valence-electron chi connectivity index (χ1n) is 8.38. The largest absolute Gasteiger partial charge is 0.320 e. The molecule has 1 saturated carbocycles. The molecule has 0 bridgehead atoms. The number of amides is 2. The van der Waals surface area contributed by atoms with Crippen molar-refractivity contribution >= 4 is 29.3 Å². The van der Waals surface area contributed by atoms with E-state index in [0.717, 1.165) is 43.4 Å². The third-order valence-electron chi connectivity index (χ3n) is 5.19. The lowest BCUT2D eigenvalue weighted by molar-refractivity contribution is -0.140. The van der Waals surface area contributed by atoms with E-state index in [9.17, 15) is 9.59 Å². The minimum atomic E-state index is -0.299. The molecule has 1 aromatic heterocycles. The maximum atomic E-state index is 13.0. The van der Waals surface area contributed by atoms with E-state index in [-0.39, 0.29) is 23.8 Å². The zero-order valence-corrected chi connectivity index (χ0v) is 13.9. The summed E-state index contributed by atoms with van der Waals surface area (Å²) >= 11 is 1.69. The van der Waals surface area contributed by atoms with Crippen LogP contribution in [-0.4, -0.2) is 45.9 Å². The fraction of sp³-hybridized carbons (Fsp3) is 0.588. The van der Waals surface area contributed by atoms with Gasteiger partial charge >= 0.3 is 0 Å². The fourth-order valence-corrected chi connectivity index (χ4v) is 5.06. The number of nitrogens with zero attached hydrogens (tertiary/aromatic N) is 3. The summed E-state index contributed by atoms with van der Waals surface area (Å²) < 4.78 is 0. The van der Waals surface area contributed by atoms with E-state index < -0.39 is 0 Å². The number of carbonyl (C=O) groups excluding carboxylic acids is 2. The summed E-state index contributed by atoms with van der Waals surface area (Å²) in [5, 5.41) is 0. The van der Waals surface area contributed by atoms with Crippen LogP contribution in [0.25, 0.3) is 0 Å². The lowest BCUT2D eigenvalue weighted by Gasteiger charge is -2.29. The molecule has 23 heavy (non-hydrogen) atoms. The van der Waals surface area contributed by atoms with Crippen molar-refractivity contribution in [3.63, 3.8) is 0 Å². The minimum absolute atomic E-state index is 0.0753. The molecule has 1 atom stereocenters. The molecule has 122 valence electrons. The van der Waals surface area contributed by atoms with Gasteiger partial charge in [-0.05, 0) is 30.9 Å². The second kappa shape index (κ2) is 6.15. The summed E-state index contributed by atoms with van der Waals surface area (Å²) in [6.45, 7) is 0.701. The number of hydrogen-bond acceptors (Lipinski definition) is 4. The molecule has 2 amide bonds. The van der Waals surface area contributed by atoms with Gasteiger partial charge in [0.2, 0.25) is 5.91 Å². The molecule has 2 fully saturated rings. The van der Waals surface area contributed by atoms with Crippen molar-refractivity contribution in [3.8, 4) is 0 Å². The molecule has 1 aliphatic carbocycles. The molecular formula is C17H21N3O2S. The highest BCUT2D eigenvalue weighted by Crippen LogP contribution is 2.33. The topological polar surface area (TPSA) is 53.5 Å². The van der Waals surface area contributed by atoms with Gasteiger partial charge < -0.3 is 9.80 Å². The van der Waals surface area contributed by atoms with Crippen LogP contribution in [0.2, 0.25) is 0 Å². The van der Waals surface area contributed by atoms with Gasteiger partial charge in [-0.2, -0.15) is 0 Å². The Labute approximate surface area is 140 Å². The van der Waals surface area contributed by atoms with Crippen LogP contribution >= 0.6 is 11.8 Å². The monoisotopic (exact) mass is 331 g/mol. The Morgan fingerprint density at radius 2 is 2.04 bits per heavy atom. The van der Waals surface area contributed by atoms with Gasteiger partial charge in [0.25, 0.3) is 5.91 Å². The van der Waals surface area contributed by atoms with Crippen LogP contribution in [0.3, 0.4) is 0 Å². The summed E-state index contributed by atoms with van der Waals surface area (Å²) in [5.41, 5.74) is 2.09. The van der Waals surface area contributed by atoms with Crippen molar-refractivity contribution < 1.29 is 9.59 Å². The van der Waals surface area contributed by atoms with Gasteiger partial charge in [0.15, 0.2) is 0 Å². The highest BCUT2D eigenvalue weighted by Gasteiger charge is 2.41. The SMILES string of the molecule is O=C([C@@H]1CSCN1C(=O)C1CCCC1)N1CCc2cnccc21. The van der Waals surface area contributed by atoms with Crippen LogP contribution in [0.5, 0.6) is 0 Å². The summed E-state index contributed by atoms with van der Waals surface area (Å²) in [4.78, 5) is 33.6.